The second-order valence-corrected chi connectivity index (χ2v) is 7.17. The number of aryl methyl sites for hydroxylation is 1. The molecule has 11 nitrogen and oxygen atoms in total. The largest absolute Gasteiger partial charge is 0.448 e. The van der Waals surface area contributed by atoms with Gasteiger partial charge < -0.3 is 9.52 Å². The first-order chi connectivity index (χ1) is 15.6. The predicted molar refractivity (Wildman–Crippen MR) is 113 cm³/mol. The Morgan fingerprint density at radius 3 is 2.75 bits per heavy atom. The van der Waals surface area contributed by atoms with Gasteiger partial charge in [0.2, 0.25) is 5.65 Å². The van der Waals surface area contributed by atoms with E-state index < -0.39 is 5.69 Å². The van der Waals surface area contributed by atoms with E-state index in [9.17, 15) is 9.90 Å². The zero-order valence-electron chi connectivity index (χ0n) is 17.1. The molecule has 0 saturated heterocycles. The van der Waals surface area contributed by atoms with E-state index in [2.05, 4.69) is 25.3 Å². The Labute approximate surface area is 180 Å². The van der Waals surface area contributed by atoms with E-state index in [0.717, 1.165) is 5.56 Å². The summed E-state index contributed by atoms with van der Waals surface area (Å²) in [6.45, 7) is 1.62. The standard InChI is InChI=1S/C21H18N8O3/c1-12-16(23-11-32-12)9-28-21(31)29-19(27-28)17(14-7-15(10-30)26-24-8-14)18(25-20(29)22)13-5-3-2-4-6-13/h2-8,11,30H,9-10H2,1H3,(H2,22,25)/p+1. The van der Waals surface area contributed by atoms with Gasteiger partial charge in [-0.2, -0.15) is 14.9 Å². The molecular weight excluding hydrogens is 412 g/mol. The number of anilines is 1. The van der Waals surface area contributed by atoms with Crippen LogP contribution >= 0.6 is 0 Å². The lowest BCUT2D eigenvalue weighted by Crippen LogP contribution is -2.28. The Bertz CT molecular complexity index is 1490. The van der Waals surface area contributed by atoms with Crippen molar-refractivity contribution in [1.82, 2.24) is 29.4 Å². The summed E-state index contributed by atoms with van der Waals surface area (Å²) in [5.41, 5.74) is 9.87. The Morgan fingerprint density at radius 2 is 2.03 bits per heavy atom. The second kappa shape index (κ2) is 7.71. The number of hydrogen-bond acceptors (Lipinski definition) is 8. The van der Waals surface area contributed by atoms with Crippen molar-refractivity contribution in [2.45, 2.75) is 20.1 Å². The van der Waals surface area contributed by atoms with Crippen LogP contribution in [-0.4, -0.2) is 34.5 Å². The van der Waals surface area contributed by atoms with Gasteiger partial charge >= 0.3 is 11.6 Å². The molecule has 11 heteroatoms. The first kappa shape index (κ1) is 19.6. The SMILES string of the molecule is Cc1ocnc1Cn1nc2c(-c3cnnc(CO)c3)c(-c3ccccc3)[nH+]c(N)n2c1=O. The Morgan fingerprint density at radius 1 is 1.22 bits per heavy atom. The normalized spacial score (nSPS) is 11.3. The number of aliphatic hydroxyl groups is 1. The van der Waals surface area contributed by atoms with Crippen molar-refractivity contribution in [2.75, 3.05) is 5.73 Å². The Hall–Kier alpha value is -4.38. The van der Waals surface area contributed by atoms with Crippen LogP contribution in [0, 0.1) is 6.92 Å². The molecule has 1 aromatic carbocycles. The van der Waals surface area contributed by atoms with Crippen LogP contribution in [0.25, 0.3) is 28.0 Å². The molecule has 0 aliphatic heterocycles. The fraction of sp³-hybridized carbons (Fsp3) is 0.143. The molecule has 0 bridgehead atoms. The van der Waals surface area contributed by atoms with Crippen LogP contribution < -0.4 is 16.4 Å². The van der Waals surface area contributed by atoms with E-state index in [-0.39, 0.29) is 19.1 Å². The van der Waals surface area contributed by atoms with Crippen molar-refractivity contribution >= 4 is 11.6 Å². The maximum Gasteiger partial charge on any atom is 0.411 e. The number of nitrogen functional groups attached to an aromatic ring is 1. The minimum atomic E-state index is -0.429. The molecule has 0 saturated carbocycles. The molecule has 0 spiro atoms. The molecule has 0 unspecified atom stereocenters. The average Bonchev–Trinajstić information content (AvgIpc) is 3.37. The quantitative estimate of drug-likeness (QED) is 0.416. The molecule has 4 heterocycles. The number of nitrogens with zero attached hydrogens (tertiary/aromatic N) is 6. The van der Waals surface area contributed by atoms with Crippen LogP contribution in [-0.2, 0) is 13.2 Å². The molecule has 32 heavy (non-hydrogen) atoms. The summed E-state index contributed by atoms with van der Waals surface area (Å²) in [6.07, 6.45) is 2.88. The van der Waals surface area contributed by atoms with Crippen molar-refractivity contribution in [3.05, 3.63) is 76.6 Å². The van der Waals surface area contributed by atoms with Crippen LogP contribution in [0.4, 0.5) is 5.95 Å². The second-order valence-electron chi connectivity index (χ2n) is 7.17. The molecule has 0 amide bonds. The molecule has 0 aliphatic carbocycles. The monoisotopic (exact) mass is 431 g/mol. The third-order valence-electron chi connectivity index (χ3n) is 5.17. The number of H-pyrrole nitrogens is 1. The van der Waals surface area contributed by atoms with Crippen LogP contribution in [0.2, 0.25) is 0 Å². The number of nitrogens with one attached hydrogen (secondary N) is 1. The topological polar surface area (TPSA) is 152 Å². The lowest BCUT2D eigenvalue weighted by Gasteiger charge is -2.09. The summed E-state index contributed by atoms with van der Waals surface area (Å²) >= 11 is 0. The van der Waals surface area contributed by atoms with E-state index in [1.807, 2.05) is 30.3 Å². The number of aliphatic hydroxyl groups excluding tert-OH is 1. The van der Waals surface area contributed by atoms with Gasteiger partial charge in [-0.25, -0.2) is 14.8 Å². The number of nitrogens with two attached hydrogens (primary N) is 1. The molecule has 0 fully saturated rings. The highest BCUT2D eigenvalue weighted by Crippen LogP contribution is 2.32. The average molecular weight is 431 g/mol. The van der Waals surface area contributed by atoms with E-state index in [1.165, 1.54) is 15.5 Å². The van der Waals surface area contributed by atoms with E-state index in [0.29, 0.717) is 39.6 Å². The van der Waals surface area contributed by atoms with Crippen molar-refractivity contribution in [1.29, 1.82) is 0 Å². The number of oxazole rings is 1. The third-order valence-corrected chi connectivity index (χ3v) is 5.17. The zero-order chi connectivity index (χ0) is 22.2. The highest BCUT2D eigenvalue weighted by molar-refractivity contribution is 5.88. The molecule has 4 aromatic heterocycles. The van der Waals surface area contributed by atoms with Gasteiger partial charge in [0.1, 0.15) is 17.1 Å². The summed E-state index contributed by atoms with van der Waals surface area (Å²) in [5, 5.41) is 22.0. The molecule has 0 atom stereocenters. The number of fused-ring (bicyclic) bond motifs is 1. The highest BCUT2D eigenvalue weighted by atomic mass is 16.3. The number of aromatic nitrogens is 7. The van der Waals surface area contributed by atoms with Crippen LogP contribution in [0.3, 0.4) is 0 Å². The minimum Gasteiger partial charge on any atom is -0.448 e. The Balaban J connectivity index is 1.82. The summed E-state index contributed by atoms with van der Waals surface area (Å²) in [5.74, 6) is 0.727. The highest BCUT2D eigenvalue weighted by Gasteiger charge is 2.26. The molecule has 0 aliphatic rings. The molecule has 5 aromatic rings. The first-order valence-electron chi connectivity index (χ1n) is 9.78. The van der Waals surface area contributed by atoms with Crippen LogP contribution in [0.15, 0.2) is 58.2 Å². The lowest BCUT2D eigenvalue weighted by molar-refractivity contribution is -0.351. The van der Waals surface area contributed by atoms with Crippen molar-refractivity contribution < 1.29 is 14.5 Å². The van der Waals surface area contributed by atoms with Crippen molar-refractivity contribution in [2.24, 2.45) is 0 Å². The fourth-order valence-electron chi connectivity index (χ4n) is 3.59. The van der Waals surface area contributed by atoms with Crippen molar-refractivity contribution in [3.63, 3.8) is 0 Å². The summed E-state index contributed by atoms with van der Waals surface area (Å²) < 4.78 is 7.82. The molecular formula is C21H19N8O3+. The summed E-state index contributed by atoms with van der Waals surface area (Å²) in [4.78, 5) is 20.5. The molecule has 0 radical (unpaired) electrons. The third kappa shape index (κ3) is 3.20. The van der Waals surface area contributed by atoms with Gasteiger partial charge in [0, 0.05) is 11.1 Å². The number of rotatable bonds is 5. The van der Waals surface area contributed by atoms with Gasteiger partial charge in [-0.15, -0.1) is 9.50 Å². The summed E-state index contributed by atoms with van der Waals surface area (Å²) in [7, 11) is 0. The Kier molecular flexibility index (Phi) is 4.71. The zero-order valence-corrected chi connectivity index (χ0v) is 17.1. The fourth-order valence-corrected chi connectivity index (χ4v) is 3.59. The molecule has 5 rings (SSSR count). The van der Waals surface area contributed by atoms with E-state index >= 15 is 0 Å². The summed E-state index contributed by atoms with van der Waals surface area (Å²) in [6, 6.07) is 11.2. The molecule has 160 valence electrons. The lowest BCUT2D eigenvalue weighted by atomic mass is 10.0. The predicted octanol–water partition coefficient (Wildman–Crippen LogP) is 0.853. The van der Waals surface area contributed by atoms with Crippen molar-refractivity contribution in [3.8, 4) is 22.4 Å². The smallest absolute Gasteiger partial charge is 0.411 e. The maximum absolute atomic E-state index is 13.2. The van der Waals surface area contributed by atoms with Gasteiger partial charge in [0.15, 0.2) is 6.39 Å². The number of benzene rings is 1. The maximum atomic E-state index is 13.2. The van der Waals surface area contributed by atoms with Gasteiger partial charge in [-0.3, -0.25) is 5.73 Å². The van der Waals surface area contributed by atoms with Gasteiger partial charge in [-0.1, -0.05) is 30.3 Å². The molecule has 4 N–H and O–H groups in total. The number of hydrogen-bond donors (Lipinski definition) is 2. The van der Waals surface area contributed by atoms with Gasteiger partial charge in [0.25, 0.3) is 0 Å². The number of aromatic amines is 1. The van der Waals surface area contributed by atoms with Gasteiger partial charge in [0.05, 0.1) is 30.6 Å². The van der Waals surface area contributed by atoms with Crippen LogP contribution in [0.5, 0.6) is 0 Å². The minimum absolute atomic E-state index is 0.124. The van der Waals surface area contributed by atoms with Crippen LogP contribution in [0.1, 0.15) is 17.1 Å². The van der Waals surface area contributed by atoms with E-state index in [4.69, 9.17) is 10.2 Å². The van der Waals surface area contributed by atoms with Gasteiger partial charge in [-0.05, 0) is 13.0 Å². The first-order valence-corrected chi connectivity index (χ1v) is 9.78. The van der Waals surface area contributed by atoms with E-state index in [1.54, 1.807) is 19.2 Å².